The molecule has 0 aromatic carbocycles. The van der Waals surface area contributed by atoms with Gasteiger partial charge in [-0.05, 0) is 24.5 Å². The van der Waals surface area contributed by atoms with Crippen LogP contribution in [-0.2, 0) is 9.53 Å². The Morgan fingerprint density at radius 3 is 2.62 bits per heavy atom. The summed E-state index contributed by atoms with van der Waals surface area (Å²) < 4.78 is 5.66. The average molecular weight is 222 g/mol. The first kappa shape index (κ1) is 13.0. The molecule has 2 heteroatoms. The van der Waals surface area contributed by atoms with E-state index in [1.807, 2.05) is 12.2 Å². The minimum absolute atomic E-state index is 0.819. The zero-order valence-corrected chi connectivity index (χ0v) is 10.2. The predicted octanol–water partition coefficient (Wildman–Crippen LogP) is 3.78. The molecule has 2 nitrogen and oxygen atoms in total. The van der Waals surface area contributed by atoms with E-state index in [2.05, 4.69) is 6.92 Å². The van der Waals surface area contributed by atoms with Gasteiger partial charge in [-0.2, -0.15) is 0 Å². The Morgan fingerprint density at radius 1 is 1.19 bits per heavy atom. The van der Waals surface area contributed by atoms with Crippen LogP contribution in [0.3, 0.4) is 0 Å². The van der Waals surface area contributed by atoms with Gasteiger partial charge in [0, 0.05) is 6.42 Å². The molecular weight excluding hydrogens is 200 g/mol. The molecule has 0 saturated heterocycles. The summed E-state index contributed by atoms with van der Waals surface area (Å²) in [7, 11) is 0. The van der Waals surface area contributed by atoms with Gasteiger partial charge in [0.25, 0.3) is 0 Å². The molecule has 0 bridgehead atoms. The van der Waals surface area contributed by atoms with Crippen molar-refractivity contribution in [2.24, 2.45) is 0 Å². The van der Waals surface area contributed by atoms with Crippen LogP contribution in [0.5, 0.6) is 0 Å². The molecule has 0 aromatic heterocycles. The fourth-order valence-corrected chi connectivity index (χ4v) is 1.76. The smallest absolute Gasteiger partial charge is 0.146 e. The lowest BCUT2D eigenvalue weighted by Gasteiger charge is -2.13. The SMILES string of the molecule is CCCCCCCOC1=CC=C(C=O)CC1. The lowest BCUT2D eigenvalue weighted by atomic mass is 10.1. The Labute approximate surface area is 98.4 Å². The van der Waals surface area contributed by atoms with Gasteiger partial charge >= 0.3 is 0 Å². The largest absolute Gasteiger partial charge is 0.498 e. The first-order valence-corrected chi connectivity index (χ1v) is 6.34. The average Bonchev–Trinajstić information content (AvgIpc) is 2.34. The minimum atomic E-state index is 0.819. The molecule has 0 aromatic rings. The van der Waals surface area contributed by atoms with Gasteiger partial charge in [-0.3, -0.25) is 4.79 Å². The van der Waals surface area contributed by atoms with E-state index in [1.165, 1.54) is 25.7 Å². The zero-order chi connectivity index (χ0) is 11.6. The molecule has 0 aliphatic heterocycles. The van der Waals surface area contributed by atoms with E-state index in [0.717, 1.165) is 43.5 Å². The maximum atomic E-state index is 10.5. The molecule has 0 fully saturated rings. The summed E-state index contributed by atoms with van der Waals surface area (Å²) in [6.07, 6.45) is 12.7. The number of unbranched alkanes of at least 4 members (excludes halogenated alkanes) is 4. The number of hydrogen-bond donors (Lipinski definition) is 0. The first-order valence-electron chi connectivity index (χ1n) is 6.34. The van der Waals surface area contributed by atoms with Gasteiger partial charge in [-0.25, -0.2) is 0 Å². The van der Waals surface area contributed by atoms with Crippen LogP contribution in [0, 0.1) is 0 Å². The van der Waals surface area contributed by atoms with Gasteiger partial charge < -0.3 is 4.74 Å². The molecular formula is C14H22O2. The molecule has 0 spiro atoms. The van der Waals surface area contributed by atoms with Crippen molar-refractivity contribution in [3.63, 3.8) is 0 Å². The van der Waals surface area contributed by atoms with Gasteiger partial charge in [0.2, 0.25) is 0 Å². The summed E-state index contributed by atoms with van der Waals surface area (Å²) in [5.41, 5.74) is 0.871. The van der Waals surface area contributed by atoms with Crippen LogP contribution in [-0.4, -0.2) is 12.9 Å². The van der Waals surface area contributed by atoms with Crippen LogP contribution < -0.4 is 0 Å². The molecule has 90 valence electrons. The molecule has 0 atom stereocenters. The van der Waals surface area contributed by atoms with Crippen molar-refractivity contribution >= 4 is 6.29 Å². The topological polar surface area (TPSA) is 26.3 Å². The number of hydrogen-bond acceptors (Lipinski definition) is 2. The highest BCUT2D eigenvalue weighted by molar-refractivity contribution is 5.74. The molecule has 0 heterocycles. The molecule has 0 N–H and O–H groups in total. The maximum Gasteiger partial charge on any atom is 0.146 e. The number of carbonyl (C=O) groups excluding carboxylic acids is 1. The Hall–Kier alpha value is -1.05. The van der Waals surface area contributed by atoms with Crippen molar-refractivity contribution < 1.29 is 9.53 Å². The minimum Gasteiger partial charge on any atom is -0.498 e. The van der Waals surface area contributed by atoms with Crippen molar-refractivity contribution in [2.45, 2.75) is 51.9 Å². The standard InChI is InChI=1S/C14H22O2/c1-2-3-4-5-6-11-16-14-9-7-13(12-15)8-10-14/h7,9,12H,2-6,8,10-11H2,1H3. The van der Waals surface area contributed by atoms with Gasteiger partial charge in [0.05, 0.1) is 12.4 Å². The summed E-state index contributed by atoms with van der Waals surface area (Å²) in [6, 6.07) is 0. The highest BCUT2D eigenvalue weighted by Crippen LogP contribution is 2.18. The molecule has 16 heavy (non-hydrogen) atoms. The number of ether oxygens (including phenoxy) is 1. The van der Waals surface area contributed by atoms with Crippen LogP contribution in [0.25, 0.3) is 0 Å². The summed E-state index contributed by atoms with van der Waals surface area (Å²) in [5.74, 6) is 1.03. The van der Waals surface area contributed by atoms with E-state index in [0.29, 0.717) is 0 Å². The van der Waals surface area contributed by atoms with Crippen LogP contribution in [0.2, 0.25) is 0 Å². The third-order valence-corrected chi connectivity index (χ3v) is 2.83. The molecule has 1 aliphatic carbocycles. The second kappa shape index (κ2) is 8.14. The molecule has 0 amide bonds. The number of allylic oxidation sites excluding steroid dienone is 4. The van der Waals surface area contributed by atoms with Crippen molar-refractivity contribution in [3.05, 3.63) is 23.5 Å². The van der Waals surface area contributed by atoms with Gasteiger partial charge in [-0.15, -0.1) is 0 Å². The van der Waals surface area contributed by atoms with Gasteiger partial charge in [0.1, 0.15) is 6.29 Å². The second-order valence-corrected chi connectivity index (χ2v) is 4.26. The summed E-state index contributed by atoms with van der Waals surface area (Å²) in [5, 5.41) is 0. The van der Waals surface area contributed by atoms with Crippen molar-refractivity contribution in [2.75, 3.05) is 6.61 Å². The second-order valence-electron chi connectivity index (χ2n) is 4.26. The summed E-state index contributed by atoms with van der Waals surface area (Å²) >= 11 is 0. The number of rotatable bonds is 8. The maximum absolute atomic E-state index is 10.5. The van der Waals surface area contributed by atoms with E-state index in [4.69, 9.17) is 4.74 Å². The normalized spacial score (nSPS) is 15.3. The third kappa shape index (κ3) is 5.15. The number of carbonyl (C=O) groups is 1. The molecule has 0 radical (unpaired) electrons. The Balaban J connectivity index is 2.08. The highest BCUT2D eigenvalue weighted by Gasteiger charge is 2.05. The van der Waals surface area contributed by atoms with Crippen LogP contribution in [0.15, 0.2) is 23.5 Å². The Kier molecular flexibility index (Phi) is 6.62. The molecule has 0 saturated carbocycles. The van der Waals surface area contributed by atoms with E-state index >= 15 is 0 Å². The molecule has 1 aliphatic rings. The quantitative estimate of drug-likeness (QED) is 0.461. The lowest BCUT2D eigenvalue weighted by molar-refractivity contribution is -0.105. The fourth-order valence-electron chi connectivity index (χ4n) is 1.76. The van der Waals surface area contributed by atoms with Gasteiger partial charge in [-0.1, -0.05) is 38.7 Å². The van der Waals surface area contributed by atoms with Crippen molar-refractivity contribution in [1.29, 1.82) is 0 Å². The molecule has 1 rings (SSSR count). The lowest BCUT2D eigenvalue weighted by Crippen LogP contribution is -2.00. The van der Waals surface area contributed by atoms with Crippen LogP contribution in [0.4, 0.5) is 0 Å². The monoisotopic (exact) mass is 222 g/mol. The summed E-state index contributed by atoms with van der Waals surface area (Å²) in [6.45, 7) is 3.04. The summed E-state index contributed by atoms with van der Waals surface area (Å²) in [4.78, 5) is 10.5. The van der Waals surface area contributed by atoms with E-state index < -0.39 is 0 Å². The van der Waals surface area contributed by atoms with Gasteiger partial charge in [0.15, 0.2) is 0 Å². The van der Waals surface area contributed by atoms with Crippen molar-refractivity contribution in [1.82, 2.24) is 0 Å². The van der Waals surface area contributed by atoms with E-state index in [-0.39, 0.29) is 0 Å². The Morgan fingerprint density at radius 2 is 2.00 bits per heavy atom. The highest BCUT2D eigenvalue weighted by atomic mass is 16.5. The Bertz CT molecular complexity index is 264. The van der Waals surface area contributed by atoms with E-state index in [1.54, 1.807) is 0 Å². The third-order valence-electron chi connectivity index (χ3n) is 2.83. The fraction of sp³-hybridized carbons (Fsp3) is 0.643. The molecule has 0 unspecified atom stereocenters. The van der Waals surface area contributed by atoms with Crippen LogP contribution in [0.1, 0.15) is 51.9 Å². The zero-order valence-electron chi connectivity index (χ0n) is 10.2. The first-order chi connectivity index (χ1) is 7.86. The van der Waals surface area contributed by atoms with E-state index in [9.17, 15) is 4.79 Å². The predicted molar refractivity (Wildman–Crippen MR) is 66.2 cm³/mol. The van der Waals surface area contributed by atoms with Crippen molar-refractivity contribution in [3.8, 4) is 0 Å². The number of aldehydes is 1. The van der Waals surface area contributed by atoms with Crippen LogP contribution >= 0.6 is 0 Å².